The number of carbonyl (C=O) groups excluding carboxylic acids is 1. The zero-order chi connectivity index (χ0) is 21.0. The summed E-state index contributed by atoms with van der Waals surface area (Å²) >= 11 is 0. The van der Waals surface area contributed by atoms with Crippen LogP contribution in [0.25, 0.3) is 11.3 Å². The standard InChI is InChI=1S/C25H29N3O/c1-6-8-19-13-17(4)23(18(5)14-19)28-25(29)24-26-12-11-22(27-24)21-10-7-9-20(15-21)16(2)3/h7,9-16H,6,8H2,1-5H3,(H,28,29). The summed E-state index contributed by atoms with van der Waals surface area (Å²) in [5.74, 6) is 0.316. The average Bonchev–Trinajstić information content (AvgIpc) is 2.71. The molecule has 0 aliphatic rings. The molecular formula is C25H29N3O. The molecule has 0 fully saturated rings. The number of carbonyl (C=O) groups is 1. The second-order valence-corrected chi connectivity index (χ2v) is 7.85. The van der Waals surface area contributed by atoms with Crippen molar-refractivity contribution >= 4 is 11.6 Å². The van der Waals surface area contributed by atoms with E-state index in [-0.39, 0.29) is 11.7 Å². The molecule has 0 bridgehead atoms. The Bertz CT molecular complexity index is 1000. The van der Waals surface area contributed by atoms with Gasteiger partial charge in [0.15, 0.2) is 0 Å². The van der Waals surface area contributed by atoms with E-state index in [1.165, 1.54) is 11.1 Å². The van der Waals surface area contributed by atoms with Gasteiger partial charge in [0.1, 0.15) is 0 Å². The summed E-state index contributed by atoms with van der Waals surface area (Å²) in [4.78, 5) is 21.6. The smallest absolute Gasteiger partial charge is 0.293 e. The van der Waals surface area contributed by atoms with Crippen molar-refractivity contribution in [2.45, 2.75) is 53.4 Å². The minimum absolute atomic E-state index is 0.175. The van der Waals surface area contributed by atoms with Gasteiger partial charge >= 0.3 is 0 Å². The molecule has 0 aliphatic heterocycles. The number of benzene rings is 2. The third kappa shape index (κ3) is 4.89. The number of amides is 1. The van der Waals surface area contributed by atoms with Crippen LogP contribution in [0.2, 0.25) is 0 Å². The Balaban J connectivity index is 1.86. The van der Waals surface area contributed by atoms with E-state index in [0.29, 0.717) is 5.92 Å². The summed E-state index contributed by atoms with van der Waals surface area (Å²) in [6.07, 6.45) is 3.78. The van der Waals surface area contributed by atoms with Gasteiger partial charge in [0, 0.05) is 17.4 Å². The number of anilines is 1. The quantitative estimate of drug-likeness (QED) is 0.557. The number of rotatable bonds is 6. The topological polar surface area (TPSA) is 54.9 Å². The monoisotopic (exact) mass is 387 g/mol. The van der Waals surface area contributed by atoms with E-state index in [9.17, 15) is 4.79 Å². The van der Waals surface area contributed by atoms with E-state index >= 15 is 0 Å². The summed E-state index contributed by atoms with van der Waals surface area (Å²) < 4.78 is 0. The highest BCUT2D eigenvalue weighted by Gasteiger charge is 2.14. The lowest BCUT2D eigenvalue weighted by atomic mass is 10.00. The van der Waals surface area contributed by atoms with Gasteiger partial charge < -0.3 is 5.32 Å². The summed E-state index contributed by atoms with van der Waals surface area (Å²) in [5.41, 5.74) is 7.23. The number of hydrogen-bond donors (Lipinski definition) is 1. The Morgan fingerprint density at radius 2 is 1.79 bits per heavy atom. The molecular weight excluding hydrogens is 358 g/mol. The van der Waals surface area contributed by atoms with Crippen molar-refractivity contribution in [2.75, 3.05) is 5.32 Å². The van der Waals surface area contributed by atoms with Gasteiger partial charge in [-0.2, -0.15) is 0 Å². The zero-order valence-electron chi connectivity index (χ0n) is 17.9. The first-order valence-corrected chi connectivity index (χ1v) is 10.2. The molecule has 4 nitrogen and oxygen atoms in total. The highest BCUT2D eigenvalue weighted by Crippen LogP contribution is 2.25. The fourth-order valence-corrected chi connectivity index (χ4v) is 3.54. The fourth-order valence-electron chi connectivity index (χ4n) is 3.54. The average molecular weight is 388 g/mol. The molecule has 0 saturated carbocycles. The molecule has 0 atom stereocenters. The molecule has 2 aromatic carbocycles. The van der Waals surface area contributed by atoms with Crippen LogP contribution in [-0.2, 0) is 6.42 Å². The van der Waals surface area contributed by atoms with E-state index in [4.69, 9.17) is 0 Å². The molecule has 0 unspecified atom stereocenters. The van der Waals surface area contributed by atoms with Gasteiger partial charge in [0.2, 0.25) is 5.82 Å². The third-order valence-corrected chi connectivity index (χ3v) is 5.08. The Morgan fingerprint density at radius 3 is 2.45 bits per heavy atom. The first kappa shape index (κ1) is 20.7. The van der Waals surface area contributed by atoms with Crippen molar-refractivity contribution in [1.82, 2.24) is 9.97 Å². The Hall–Kier alpha value is -3.01. The predicted octanol–water partition coefficient (Wildman–Crippen LogP) is 6.09. The van der Waals surface area contributed by atoms with E-state index in [0.717, 1.165) is 40.9 Å². The lowest BCUT2D eigenvalue weighted by molar-refractivity contribution is 0.101. The number of hydrogen-bond acceptors (Lipinski definition) is 3. The van der Waals surface area contributed by atoms with E-state index < -0.39 is 0 Å². The highest BCUT2D eigenvalue weighted by molar-refractivity contribution is 6.02. The van der Waals surface area contributed by atoms with Crippen LogP contribution in [0.5, 0.6) is 0 Å². The molecule has 1 aromatic heterocycles. The molecule has 1 amide bonds. The van der Waals surface area contributed by atoms with Gasteiger partial charge in [0.25, 0.3) is 5.91 Å². The second-order valence-electron chi connectivity index (χ2n) is 7.85. The van der Waals surface area contributed by atoms with Gasteiger partial charge in [-0.15, -0.1) is 0 Å². The fraction of sp³-hybridized carbons (Fsp3) is 0.320. The van der Waals surface area contributed by atoms with Gasteiger partial charge in [-0.25, -0.2) is 9.97 Å². The van der Waals surface area contributed by atoms with Gasteiger partial charge in [-0.3, -0.25) is 4.79 Å². The Kier molecular flexibility index (Phi) is 6.42. The number of nitrogens with zero attached hydrogens (tertiary/aromatic N) is 2. The van der Waals surface area contributed by atoms with Crippen molar-refractivity contribution in [3.8, 4) is 11.3 Å². The van der Waals surface area contributed by atoms with Gasteiger partial charge in [0.05, 0.1) is 5.69 Å². The van der Waals surface area contributed by atoms with Crippen molar-refractivity contribution in [2.24, 2.45) is 0 Å². The van der Waals surface area contributed by atoms with Crippen molar-refractivity contribution < 1.29 is 4.79 Å². The molecule has 1 N–H and O–H groups in total. The first-order chi connectivity index (χ1) is 13.9. The second kappa shape index (κ2) is 8.99. The van der Waals surface area contributed by atoms with Crippen LogP contribution in [-0.4, -0.2) is 15.9 Å². The molecule has 3 aromatic rings. The van der Waals surface area contributed by atoms with Crippen LogP contribution in [0.3, 0.4) is 0 Å². The van der Waals surface area contributed by atoms with Crippen LogP contribution < -0.4 is 5.32 Å². The maximum Gasteiger partial charge on any atom is 0.293 e. The highest BCUT2D eigenvalue weighted by atomic mass is 16.2. The molecule has 3 rings (SSSR count). The van der Waals surface area contributed by atoms with Crippen LogP contribution in [0, 0.1) is 13.8 Å². The maximum atomic E-state index is 12.9. The summed E-state index contributed by atoms with van der Waals surface area (Å²) in [5, 5.41) is 3.01. The van der Waals surface area contributed by atoms with Crippen LogP contribution >= 0.6 is 0 Å². The van der Waals surface area contributed by atoms with Gasteiger partial charge in [-0.1, -0.05) is 57.5 Å². The normalized spacial score (nSPS) is 11.0. The Morgan fingerprint density at radius 1 is 1.07 bits per heavy atom. The molecule has 29 heavy (non-hydrogen) atoms. The molecule has 150 valence electrons. The number of nitrogens with one attached hydrogen (secondary N) is 1. The molecule has 0 aliphatic carbocycles. The minimum Gasteiger partial charge on any atom is -0.319 e. The molecule has 0 saturated heterocycles. The van der Waals surface area contributed by atoms with Crippen molar-refractivity contribution in [1.29, 1.82) is 0 Å². The summed E-state index contributed by atoms with van der Waals surface area (Å²) in [7, 11) is 0. The zero-order valence-corrected chi connectivity index (χ0v) is 17.9. The SMILES string of the molecule is CCCc1cc(C)c(NC(=O)c2nccc(-c3cccc(C(C)C)c3)n2)c(C)c1. The van der Waals surface area contributed by atoms with Crippen LogP contribution in [0.4, 0.5) is 5.69 Å². The summed E-state index contributed by atoms with van der Waals surface area (Å²) in [6.45, 7) is 10.5. The largest absolute Gasteiger partial charge is 0.319 e. The molecule has 0 spiro atoms. The molecule has 0 radical (unpaired) electrons. The van der Waals surface area contributed by atoms with Crippen molar-refractivity contribution in [3.63, 3.8) is 0 Å². The molecule has 4 heteroatoms. The lowest BCUT2D eigenvalue weighted by Gasteiger charge is -2.14. The first-order valence-electron chi connectivity index (χ1n) is 10.2. The van der Waals surface area contributed by atoms with E-state index in [2.05, 4.69) is 60.3 Å². The minimum atomic E-state index is -0.290. The van der Waals surface area contributed by atoms with E-state index in [1.54, 1.807) is 6.20 Å². The third-order valence-electron chi connectivity index (χ3n) is 5.08. The number of aromatic nitrogens is 2. The lowest BCUT2D eigenvalue weighted by Crippen LogP contribution is -2.17. The van der Waals surface area contributed by atoms with Crippen LogP contribution in [0.1, 0.15) is 66.0 Å². The van der Waals surface area contributed by atoms with E-state index in [1.807, 2.05) is 32.0 Å². The van der Waals surface area contributed by atoms with Crippen molar-refractivity contribution in [3.05, 3.63) is 76.7 Å². The van der Waals surface area contributed by atoms with Gasteiger partial charge in [-0.05, 0) is 60.6 Å². The maximum absolute atomic E-state index is 12.9. The predicted molar refractivity (Wildman–Crippen MR) is 119 cm³/mol. The van der Waals surface area contributed by atoms with Crippen LogP contribution in [0.15, 0.2) is 48.7 Å². The molecule has 1 heterocycles. The Labute approximate surface area is 173 Å². The number of aryl methyl sites for hydroxylation is 3. The summed E-state index contributed by atoms with van der Waals surface area (Å²) in [6, 6.07) is 14.4.